The van der Waals surface area contributed by atoms with Crippen molar-refractivity contribution in [1.82, 2.24) is 15.3 Å². The zero-order valence-electron chi connectivity index (χ0n) is 16.9. The molecule has 3 aromatic rings. The molecule has 0 radical (unpaired) electrons. The summed E-state index contributed by atoms with van der Waals surface area (Å²) in [6.07, 6.45) is 3.90. The number of anilines is 1. The smallest absolute Gasteiger partial charge is 0.257 e. The van der Waals surface area contributed by atoms with Crippen molar-refractivity contribution in [2.24, 2.45) is 0 Å². The Morgan fingerprint density at radius 1 is 1.07 bits per heavy atom. The zero-order chi connectivity index (χ0) is 20.2. The Labute approximate surface area is 171 Å². The van der Waals surface area contributed by atoms with E-state index in [1.807, 2.05) is 49.4 Å². The van der Waals surface area contributed by atoms with Crippen LogP contribution in [0.25, 0.3) is 11.4 Å². The van der Waals surface area contributed by atoms with E-state index in [9.17, 15) is 4.79 Å². The van der Waals surface area contributed by atoms with Crippen molar-refractivity contribution >= 4 is 11.7 Å². The van der Waals surface area contributed by atoms with Crippen LogP contribution in [0.5, 0.6) is 0 Å². The molecule has 0 bridgehead atoms. The molecule has 2 aromatic carbocycles. The number of hydrogen-bond donors (Lipinski definition) is 1. The number of amides is 1. The van der Waals surface area contributed by atoms with Crippen LogP contribution in [0.15, 0.2) is 60.8 Å². The number of nitrogens with zero attached hydrogens (tertiary/aromatic N) is 3. The number of carbonyl (C=O) groups is 1. The molecule has 1 amide bonds. The number of aromatic nitrogens is 2. The molecule has 148 valence electrons. The van der Waals surface area contributed by atoms with E-state index in [1.54, 1.807) is 6.20 Å². The zero-order valence-corrected chi connectivity index (χ0v) is 16.9. The van der Waals surface area contributed by atoms with Crippen LogP contribution in [0.2, 0.25) is 0 Å². The highest BCUT2D eigenvalue weighted by Crippen LogP contribution is 2.26. The second kappa shape index (κ2) is 8.43. The van der Waals surface area contributed by atoms with Gasteiger partial charge in [0.1, 0.15) is 11.4 Å². The number of carbonyl (C=O) groups excluding carboxylic acids is 1. The molecule has 0 saturated carbocycles. The van der Waals surface area contributed by atoms with Crippen molar-refractivity contribution < 1.29 is 4.79 Å². The molecule has 4 rings (SSSR count). The molecule has 1 aromatic heterocycles. The summed E-state index contributed by atoms with van der Waals surface area (Å²) in [7, 11) is 0. The van der Waals surface area contributed by atoms with E-state index in [2.05, 4.69) is 34.3 Å². The SMILES string of the molecule is Cc1cccc(-c2ncc(C(=O)NC(C)c3ccccc3)c(N3CCCC3)n2)c1. The second-order valence-corrected chi connectivity index (χ2v) is 7.60. The second-order valence-electron chi connectivity index (χ2n) is 7.60. The van der Waals surface area contributed by atoms with Gasteiger partial charge in [-0.15, -0.1) is 0 Å². The van der Waals surface area contributed by atoms with Crippen LogP contribution in [0.4, 0.5) is 5.82 Å². The van der Waals surface area contributed by atoms with Crippen LogP contribution in [0.3, 0.4) is 0 Å². The molecule has 0 aliphatic carbocycles. The lowest BCUT2D eigenvalue weighted by molar-refractivity contribution is 0.0939. The summed E-state index contributed by atoms with van der Waals surface area (Å²) in [5.74, 6) is 1.24. The van der Waals surface area contributed by atoms with E-state index in [0.29, 0.717) is 11.4 Å². The summed E-state index contributed by atoms with van der Waals surface area (Å²) < 4.78 is 0. The lowest BCUT2D eigenvalue weighted by Crippen LogP contribution is -2.30. The van der Waals surface area contributed by atoms with Gasteiger partial charge in [-0.1, -0.05) is 54.1 Å². The van der Waals surface area contributed by atoms with Gasteiger partial charge in [0.15, 0.2) is 5.82 Å². The van der Waals surface area contributed by atoms with Crippen LogP contribution in [0, 0.1) is 6.92 Å². The van der Waals surface area contributed by atoms with E-state index in [-0.39, 0.29) is 11.9 Å². The standard InChI is InChI=1S/C24H26N4O/c1-17-9-8-12-20(15-17)22-25-16-21(23(27-22)28-13-6-7-14-28)24(29)26-18(2)19-10-4-3-5-11-19/h3-5,8-12,15-16,18H,6-7,13-14H2,1-2H3,(H,26,29). The number of rotatable bonds is 5. The number of nitrogens with one attached hydrogen (secondary N) is 1. The summed E-state index contributed by atoms with van der Waals surface area (Å²) in [4.78, 5) is 24.6. The van der Waals surface area contributed by atoms with Crippen LogP contribution < -0.4 is 10.2 Å². The number of aryl methyl sites for hydroxylation is 1. The van der Waals surface area contributed by atoms with E-state index >= 15 is 0 Å². The number of hydrogen-bond acceptors (Lipinski definition) is 4. The summed E-state index contributed by atoms with van der Waals surface area (Å²) in [5, 5.41) is 3.10. The van der Waals surface area contributed by atoms with Crippen LogP contribution in [-0.4, -0.2) is 29.0 Å². The normalized spacial score (nSPS) is 14.6. The Balaban J connectivity index is 1.65. The Morgan fingerprint density at radius 3 is 2.55 bits per heavy atom. The largest absolute Gasteiger partial charge is 0.356 e. The molecule has 2 heterocycles. The fraction of sp³-hybridized carbons (Fsp3) is 0.292. The monoisotopic (exact) mass is 386 g/mol. The van der Waals surface area contributed by atoms with Gasteiger partial charge in [-0.2, -0.15) is 0 Å². The fourth-order valence-electron chi connectivity index (χ4n) is 3.73. The van der Waals surface area contributed by atoms with Gasteiger partial charge in [0, 0.05) is 24.8 Å². The highest BCUT2D eigenvalue weighted by Gasteiger charge is 2.23. The first-order valence-corrected chi connectivity index (χ1v) is 10.2. The van der Waals surface area contributed by atoms with Gasteiger partial charge in [-0.25, -0.2) is 9.97 Å². The topological polar surface area (TPSA) is 58.1 Å². The molecule has 1 aliphatic rings. The molecule has 1 fully saturated rings. The first kappa shape index (κ1) is 19.1. The molecule has 5 heteroatoms. The van der Waals surface area contributed by atoms with Crippen LogP contribution in [0.1, 0.15) is 47.3 Å². The maximum absolute atomic E-state index is 13.1. The Morgan fingerprint density at radius 2 is 1.83 bits per heavy atom. The third kappa shape index (κ3) is 4.29. The average Bonchev–Trinajstić information content (AvgIpc) is 3.29. The predicted molar refractivity (Wildman–Crippen MR) is 116 cm³/mol. The molecule has 1 unspecified atom stereocenters. The fourth-order valence-corrected chi connectivity index (χ4v) is 3.73. The first-order chi connectivity index (χ1) is 14.1. The molecule has 1 N–H and O–H groups in total. The van der Waals surface area contributed by atoms with Gasteiger partial charge in [-0.3, -0.25) is 4.79 Å². The molecule has 29 heavy (non-hydrogen) atoms. The van der Waals surface area contributed by atoms with Crippen molar-refractivity contribution in [2.45, 2.75) is 32.7 Å². The Bertz CT molecular complexity index is 997. The summed E-state index contributed by atoms with van der Waals surface area (Å²) in [5.41, 5.74) is 3.73. The Kier molecular flexibility index (Phi) is 5.56. The van der Waals surface area contributed by atoms with E-state index < -0.39 is 0 Å². The van der Waals surface area contributed by atoms with Crippen LogP contribution in [-0.2, 0) is 0 Å². The quantitative estimate of drug-likeness (QED) is 0.699. The predicted octanol–water partition coefficient (Wildman–Crippen LogP) is 4.54. The molecular formula is C24H26N4O. The van der Waals surface area contributed by atoms with Crippen molar-refractivity contribution in [3.8, 4) is 11.4 Å². The highest BCUT2D eigenvalue weighted by atomic mass is 16.1. The van der Waals surface area contributed by atoms with Gasteiger partial charge in [0.2, 0.25) is 0 Å². The van der Waals surface area contributed by atoms with Crippen LogP contribution >= 0.6 is 0 Å². The summed E-state index contributed by atoms with van der Waals surface area (Å²) >= 11 is 0. The minimum Gasteiger partial charge on any atom is -0.356 e. The maximum atomic E-state index is 13.1. The van der Waals surface area contributed by atoms with E-state index in [1.165, 1.54) is 0 Å². The molecule has 5 nitrogen and oxygen atoms in total. The maximum Gasteiger partial charge on any atom is 0.257 e. The first-order valence-electron chi connectivity index (χ1n) is 10.2. The van der Waals surface area contributed by atoms with E-state index in [4.69, 9.17) is 4.98 Å². The third-order valence-corrected chi connectivity index (χ3v) is 5.34. The average molecular weight is 386 g/mol. The van der Waals surface area contributed by atoms with Gasteiger partial charge in [-0.05, 0) is 38.3 Å². The van der Waals surface area contributed by atoms with Gasteiger partial charge in [0.05, 0.1) is 6.04 Å². The lowest BCUT2D eigenvalue weighted by atomic mass is 10.1. The van der Waals surface area contributed by atoms with Crippen molar-refractivity contribution in [2.75, 3.05) is 18.0 Å². The molecular weight excluding hydrogens is 360 g/mol. The minimum absolute atomic E-state index is 0.0911. The molecule has 1 saturated heterocycles. The summed E-state index contributed by atoms with van der Waals surface area (Å²) in [6, 6.07) is 18.0. The van der Waals surface area contributed by atoms with Crippen molar-refractivity contribution in [3.63, 3.8) is 0 Å². The third-order valence-electron chi connectivity index (χ3n) is 5.34. The van der Waals surface area contributed by atoms with Crippen molar-refractivity contribution in [1.29, 1.82) is 0 Å². The molecule has 0 spiro atoms. The van der Waals surface area contributed by atoms with Gasteiger partial charge < -0.3 is 10.2 Å². The Hall–Kier alpha value is -3.21. The van der Waals surface area contributed by atoms with Gasteiger partial charge in [0.25, 0.3) is 5.91 Å². The minimum atomic E-state index is -0.140. The number of benzene rings is 2. The van der Waals surface area contributed by atoms with E-state index in [0.717, 1.165) is 48.4 Å². The summed E-state index contributed by atoms with van der Waals surface area (Å²) in [6.45, 7) is 5.87. The molecule has 1 aliphatic heterocycles. The molecule has 1 atom stereocenters. The van der Waals surface area contributed by atoms with Gasteiger partial charge >= 0.3 is 0 Å². The highest BCUT2D eigenvalue weighted by molar-refractivity contribution is 5.99. The lowest BCUT2D eigenvalue weighted by Gasteiger charge is -2.21. The van der Waals surface area contributed by atoms with Crippen molar-refractivity contribution in [3.05, 3.63) is 77.5 Å².